The third-order valence-corrected chi connectivity index (χ3v) is 4.51. The molecule has 0 N–H and O–H groups in total. The predicted octanol–water partition coefficient (Wildman–Crippen LogP) is 4.53. The van der Waals surface area contributed by atoms with E-state index in [2.05, 4.69) is 19.1 Å². The second-order valence-electron chi connectivity index (χ2n) is 5.04. The number of unbranched alkanes of at least 4 members (excludes halogenated alkanes) is 3. The first-order valence-corrected chi connectivity index (χ1v) is 6.49. The minimum absolute atomic E-state index is 0.146. The Labute approximate surface area is 92.7 Å². The summed E-state index contributed by atoms with van der Waals surface area (Å²) in [4.78, 5) is 0.146. The molecule has 0 aromatic carbocycles. The van der Waals surface area contributed by atoms with Crippen LogP contribution in [0.1, 0.15) is 51.9 Å². The normalized spacial score (nSPS) is 39.6. The molecular formula is C13H21Cl. The molecule has 1 saturated carbocycles. The number of allylic oxidation sites excluding steroid dienone is 2. The van der Waals surface area contributed by atoms with Crippen LogP contribution in [0.4, 0.5) is 0 Å². The van der Waals surface area contributed by atoms with E-state index in [0.717, 1.165) is 5.92 Å². The van der Waals surface area contributed by atoms with Crippen LogP contribution < -0.4 is 0 Å². The van der Waals surface area contributed by atoms with Gasteiger partial charge in [0.15, 0.2) is 0 Å². The Balaban J connectivity index is 1.77. The number of halogens is 1. The zero-order valence-electron chi connectivity index (χ0n) is 9.14. The van der Waals surface area contributed by atoms with Gasteiger partial charge in [0, 0.05) is 0 Å². The van der Waals surface area contributed by atoms with E-state index in [9.17, 15) is 0 Å². The minimum atomic E-state index is 0.146. The van der Waals surface area contributed by atoms with Crippen molar-refractivity contribution in [2.24, 2.45) is 11.8 Å². The SMILES string of the molecule is CCCCCCC1(Cl)CC2C=CC1C2. The van der Waals surface area contributed by atoms with Crippen molar-refractivity contribution in [3.05, 3.63) is 12.2 Å². The molecule has 2 bridgehead atoms. The molecule has 2 rings (SSSR count). The molecule has 2 aliphatic carbocycles. The van der Waals surface area contributed by atoms with E-state index < -0.39 is 0 Å². The molecule has 2 aliphatic rings. The maximum atomic E-state index is 6.69. The lowest BCUT2D eigenvalue weighted by Crippen LogP contribution is -2.26. The van der Waals surface area contributed by atoms with E-state index in [1.54, 1.807) is 0 Å². The third kappa shape index (κ3) is 2.00. The van der Waals surface area contributed by atoms with Gasteiger partial charge in [-0.1, -0.05) is 44.8 Å². The summed E-state index contributed by atoms with van der Waals surface area (Å²) in [5.41, 5.74) is 0. The molecule has 1 fully saturated rings. The van der Waals surface area contributed by atoms with Crippen LogP contribution >= 0.6 is 11.6 Å². The van der Waals surface area contributed by atoms with Crippen molar-refractivity contribution in [3.8, 4) is 0 Å². The Hall–Kier alpha value is 0.0300. The van der Waals surface area contributed by atoms with Gasteiger partial charge >= 0.3 is 0 Å². The second kappa shape index (κ2) is 4.26. The number of fused-ring (bicyclic) bond motifs is 2. The van der Waals surface area contributed by atoms with E-state index in [0.29, 0.717) is 5.92 Å². The Bertz CT molecular complexity index is 221. The predicted molar refractivity (Wildman–Crippen MR) is 62.7 cm³/mol. The van der Waals surface area contributed by atoms with E-state index in [-0.39, 0.29) is 4.87 Å². The molecule has 0 nitrogen and oxygen atoms in total. The molecule has 0 spiro atoms. The summed E-state index contributed by atoms with van der Waals surface area (Å²) in [5, 5.41) is 0. The lowest BCUT2D eigenvalue weighted by atomic mass is 9.87. The largest absolute Gasteiger partial charge is 0.119 e. The van der Waals surface area contributed by atoms with Crippen LogP contribution in [0.15, 0.2) is 12.2 Å². The highest BCUT2D eigenvalue weighted by molar-refractivity contribution is 6.24. The smallest absolute Gasteiger partial charge is 0.0515 e. The highest BCUT2D eigenvalue weighted by Crippen LogP contribution is 2.52. The topological polar surface area (TPSA) is 0 Å². The summed E-state index contributed by atoms with van der Waals surface area (Å²) in [6, 6.07) is 0. The molecule has 0 radical (unpaired) electrons. The highest BCUT2D eigenvalue weighted by atomic mass is 35.5. The number of rotatable bonds is 5. The first-order valence-electron chi connectivity index (χ1n) is 6.12. The molecule has 3 atom stereocenters. The van der Waals surface area contributed by atoms with E-state index in [1.165, 1.54) is 44.9 Å². The monoisotopic (exact) mass is 212 g/mol. The highest BCUT2D eigenvalue weighted by Gasteiger charge is 2.46. The van der Waals surface area contributed by atoms with Gasteiger partial charge in [0.2, 0.25) is 0 Å². The molecule has 1 heteroatoms. The summed E-state index contributed by atoms with van der Waals surface area (Å²) < 4.78 is 0. The zero-order valence-corrected chi connectivity index (χ0v) is 9.89. The quantitative estimate of drug-likeness (QED) is 0.357. The van der Waals surface area contributed by atoms with Crippen LogP contribution in [0.2, 0.25) is 0 Å². The number of hydrogen-bond acceptors (Lipinski definition) is 0. The fourth-order valence-corrected chi connectivity index (χ4v) is 3.52. The van der Waals surface area contributed by atoms with Crippen LogP contribution in [0, 0.1) is 11.8 Å². The Morgan fingerprint density at radius 3 is 2.71 bits per heavy atom. The summed E-state index contributed by atoms with van der Waals surface area (Å²) in [6.45, 7) is 2.26. The second-order valence-corrected chi connectivity index (χ2v) is 5.79. The van der Waals surface area contributed by atoms with Gasteiger partial charge in [-0.25, -0.2) is 0 Å². The van der Waals surface area contributed by atoms with Gasteiger partial charge in [-0.2, -0.15) is 0 Å². The first-order chi connectivity index (χ1) is 6.74. The molecule has 0 saturated heterocycles. The molecular weight excluding hydrogens is 192 g/mol. The third-order valence-electron chi connectivity index (χ3n) is 3.88. The summed E-state index contributed by atoms with van der Waals surface area (Å²) in [6.07, 6.45) is 13.9. The van der Waals surface area contributed by atoms with Crippen LogP contribution in [0.5, 0.6) is 0 Å². The van der Waals surface area contributed by atoms with Crippen LogP contribution in [-0.4, -0.2) is 4.87 Å². The molecule has 14 heavy (non-hydrogen) atoms. The van der Waals surface area contributed by atoms with Gasteiger partial charge in [-0.15, -0.1) is 11.6 Å². The molecule has 0 amide bonds. The fraction of sp³-hybridized carbons (Fsp3) is 0.846. The summed E-state index contributed by atoms with van der Waals surface area (Å²) in [5.74, 6) is 1.50. The molecule has 0 heterocycles. The van der Waals surface area contributed by atoms with E-state index >= 15 is 0 Å². The van der Waals surface area contributed by atoms with Crippen molar-refractivity contribution < 1.29 is 0 Å². The van der Waals surface area contributed by atoms with E-state index in [1.807, 2.05) is 0 Å². The van der Waals surface area contributed by atoms with Crippen LogP contribution in [-0.2, 0) is 0 Å². The number of hydrogen-bond donors (Lipinski definition) is 0. The minimum Gasteiger partial charge on any atom is -0.119 e. The maximum Gasteiger partial charge on any atom is 0.0515 e. The Morgan fingerprint density at radius 2 is 2.14 bits per heavy atom. The Morgan fingerprint density at radius 1 is 1.29 bits per heavy atom. The summed E-state index contributed by atoms with van der Waals surface area (Å²) >= 11 is 6.69. The van der Waals surface area contributed by atoms with Crippen molar-refractivity contribution >= 4 is 11.6 Å². The van der Waals surface area contributed by atoms with Crippen molar-refractivity contribution in [3.63, 3.8) is 0 Å². The molecule has 0 aromatic rings. The molecule has 0 aromatic heterocycles. The fourth-order valence-electron chi connectivity index (χ4n) is 3.03. The van der Waals surface area contributed by atoms with Crippen molar-refractivity contribution in [1.82, 2.24) is 0 Å². The zero-order chi connectivity index (χ0) is 10.0. The number of alkyl halides is 1. The van der Waals surface area contributed by atoms with E-state index in [4.69, 9.17) is 11.6 Å². The van der Waals surface area contributed by atoms with Crippen LogP contribution in [0.25, 0.3) is 0 Å². The maximum absolute atomic E-state index is 6.69. The van der Waals surface area contributed by atoms with Gasteiger partial charge in [0.05, 0.1) is 4.87 Å². The van der Waals surface area contributed by atoms with Gasteiger partial charge < -0.3 is 0 Å². The van der Waals surface area contributed by atoms with Crippen molar-refractivity contribution in [2.45, 2.75) is 56.7 Å². The molecule has 80 valence electrons. The van der Waals surface area contributed by atoms with Gasteiger partial charge in [0.25, 0.3) is 0 Å². The van der Waals surface area contributed by atoms with Gasteiger partial charge in [-0.3, -0.25) is 0 Å². The van der Waals surface area contributed by atoms with Gasteiger partial charge in [0.1, 0.15) is 0 Å². The molecule has 0 aliphatic heterocycles. The Kier molecular flexibility index (Phi) is 3.21. The van der Waals surface area contributed by atoms with Crippen molar-refractivity contribution in [2.75, 3.05) is 0 Å². The first kappa shape index (κ1) is 10.5. The average Bonchev–Trinajstić information content (AvgIpc) is 2.72. The lowest BCUT2D eigenvalue weighted by Gasteiger charge is -2.28. The summed E-state index contributed by atoms with van der Waals surface area (Å²) in [7, 11) is 0. The van der Waals surface area contributed by atoms with Gasteiger partial charge in [-0.05, 0) is 31.1 Å². The molecule has 3 unspecified atom stereocenters. The average molecular weight is 213 g/mol. The lowest BCUT2D eigenvalue weighted by molar-refractivity contribution is 0.431. The standard InChI is InChI=1S/C13H21Cl/c1-2-3-4-5-8-13(14)10-11-6-7-12(13)9-11/h6-7,11-12H,2-5,8-10H2,1H3. The van der Waals surface area contributed by atoms with Crippen molar-refractivity contribution in [1.29, 1.82) is 0 Å². The van der Waals surface area contributed by atoms with Crippen LogP contribution in [0.3, 0.4) is 0 Å².